The number of hydrogen-bond donors (Lipinski definition) is 0. The Morgan fingerprint density at radius 1 is 0.848 bits per heavy atom. The van der Waals surface area contributed by atoms with Gasteiger partial charge in [0.05, 0.1) is 11.9 Å². The summed E-state index contributed by atoms with van der Waals surface area (Å²) in [6, 6.07) is 26.2. The summed E-state index contributed by atoms with van der Waals surface area (Å²) in [5, 5.41) is 0. The number of rotatable bonds is 10. The van der Waals surface area contributed by atoms with Crippen LogP contribution in [0.5, 0.6) is 0 Å². The van der Waals surface area contributed by atoms with Gasteiger partial charge in [-0.25, -0.2) is 9.37 Å². The molecule has 0 aliphatic heterocycles. The third kappa shape index (κ3) is 5.77. The number of aromatic nitrogens is 2. The van der Waals surface area contributed by atoms with Crippen LogP contribution in [0.1, 0.15) is 42.1 Å². The van der Waals surface area contributed by atoms with Crippen LogP contribution in [-0.4, -0.2) is 14.5 Å². The van der Waals surface area contributed by atoms with Crippen molar-refractivity contribution in [3.63, 3.8) is 0 Å². The second kappa shape index (κ2) is 11.1. The average molecular weight is 442 g/mol. The van der Waals surface area contributed by atoms with E-state index >= 15 is 0 Å². The van der Waals surface area contributed by atoms with Crippen LogP contribution < -0.4 is 0 Å². The Morgan fingerprint density at radius 3 is 2.30 bits per heavy atom. The number of nitrogens with zero attached hydrogens (tertiary/aromatic N) is 3. The third-order valence-corrected chi connectivity index (χ3v) is 6.11. The Morgan fingerprint density at radius 2 is 1.58 bits per heavy atom. The minimum atomic E-state index is -0.147. The molecule has 0 fully saturated rings. The van der Waals surface area contributed by atoms with Crippen molar-refractivity contribution in [1.29, 1.82) is 0 Å². The van der Waals surface area contributed by atoms with Gasteiger partial charge in [-0.1, -0.05) is 86.1 Å². The first-order chi connectivity index (χ1) is 16.2. The van der Waals surface area contributed by atoms with Gasteiger partial charge in [-0.3, -0.25) is 4.90 Å². The molecule has 0 N–H and O–H groups in total. The number of unbranched alkanes of at least 4 members (excludes halogenated alkanes) is 1. The van der Waals surface area contributed by atoms with Gasteiger partial charge in [0, 0.05) is 31.7 Å². The molecule has 1 aromatic heterocycles. The van der Waals surface area contributed by atoms with Gasteiger partial charge in [-0.2, -0.15) is 0 Å². The quantitative estimate of drug-likeness (QED) is 0.264. The van der Waals surface area contributed by atoms with E-state index in [9.17, 15) is 4.39 Å². The molecule has 0 amide bonds. The summed E-state index contributed by atoms with van der Waals surface area (Å²) in [5.41, 5.74) is 5.31. The van der Waals surface area contributed by atoms with Gasteiger partial charge in [-0.05, 0) is 36.1 Å². The molecule has 3 nitrogen and oxygen atoms in total. The molecule has 170 valence electrons. The average Bonchev–Trinajstić information content (AvgIpc) is 3.24. The summed E-state index contributed by atoms with van der Waals surface area (Å²) in [5.74, 6) is 0.868. The van der Waals surface area contributed by atoms with Crippen LogP contribution in [-0.2, 0) is 26.2 Å². The van der Waals surface area contributed by atoms with Crippen molar-refractivity contribution >= 4 is 0 Å². The highest BCUT2D eigenvalue weighted by atomic mass is 19.1. The molecule has 0 radical (unpaired) electrons. The highest BCUT2D eigenvalue weighted by Gasteiger charge is 2.17. The molecule has 0 spiro atoms. The highest BCUT2D eigenvalue weighted by molar-refractivity contribution is 5.55. The lowest BCUT2D eigenvalue weighted by Crippen LogP contribution is -2.24. The fraction of sp³-hybridized carbons (Fsp3) is 0.276. The molecule has 0 aliphatic rings. The predicted molar refractivity (Wildman–Crippen MR) is 133 cm³/mol. The van der Waals surface area contributed by atoms with Crippen molar-refractivity contribution in [3.8, 4) is 11.4 Å². The fourth-order valence-electron chi connectivity index (χ4n) is 4.22. The normalized spacial score (nSPS) is 11.3. The van der Waals surface area contributed by atoms with Gasteiger partial charge >= 0.3 is 0 Å². The zero-order chi connectivity index (χ0) is 23.0. The third-order valence-electron chi connectivity index (χ3n) is 6.11. The lowest BCUT2D eigenvalue weighted by Gasteiger charge is -2.24. The van der Waals surface area contributed by atoms with Crippen LogP contribution in [0.2, 0.25) is 0 Å². The lowest BCUT2D eigenvalue weighted by atomic mass is 10.1. The minimum absolute atomic E-state index is 0.147. The van der Waals surface area contributed by atoms with Gasteiger partial charge in [0.25, 0.3) is 0 Å². The Labute approximate surface area is 196 Å². The molecule has 4 rings (SSSR count). The molecular weight excluding hydrogens is 409 g/mol. The van der Waals surface area contributed by atoms with Crippen molar-refractivity contribution in [2.24, 2.45) is 0 Å². The molecule has 1 heterocycles. The van der Waals surface area contributed by atoms with E-state index in [0.717, 1.165) is 55.0 Å². The first-order valence-corrected chi connectivity index (χ1v) is 11.8. The van der Waals surface area contributed by atoms with Crippen molar-refractivity contribution < 1.29 is 4.39 Å². The Kier molecular flexibility index (Phi) is 7.69. The molecule has 0 saturated carbocycles. The Hall–Kier alpha value is -3.24. The largest absolute Gasteiger partial charge is 0.327 e. The summed E-state index contributed by atoms with van der Waals surface area (Å²) in [6.45, 7) is 7.23. The Balaban J connectivity index is 1.66. The molecule has 0 bridgehead atoms. The maximum atomic E-state index is 14.2. The zero-order valence-corrected chi connectivity index (χ0v) is 19.5. The molecule has 33 heavy (non-hydrogen) atoms. The molecule has 0 aliphatic carbocycles. The number of halogens is 1. The van der Waals surface area contributed by atoms with Crippen molar-refractivity contribution in [1.82, 2.24) is 14.5 Å². The number of benzene rings is 3. The van der Waals surface area contributed by atoms with Crippen LogP contribution in [0.4, 0.5) is 4.39 Å². The van der Waals surface area contributed by atoms with Gasteiger partial charge in [0.15, 0.2) is 0 Å². The van der Waals surface area contributed by atoms with Crippen LogP contribution in [0.25, 0.3) is 11.4 Å². The lowest BCUT2D eigenvalue weighted by molar-refractivity contribution is 0.240. The standard InChI is InChI=1S/C29H32FN3/c1-3-4-18-33-27(19-31-29(33)25-14-9-6-10-15-25)22-32(20-24-12-7-5-8-13-24)21-26-16-11-17-28(30)23(26)2/h5-17,19H,3-4,18,20-22H2,1-2H3. The summed E-state index contributed by atoms with van der Waals surface area (Å²) in [6.07, 6.45) is 4.24. The predicted octanol–water partition coefficient (Wildman–Crippen LogP) is 7.00. The molecule has 3 aromatic carbocycles. The van der Waals surface area contributed by atoms with Crippen molar-refractivity contribution in [2.45, 2.75) is 52.9 Å². The van der Waals surface area contributed by atoms with Crippen molar-refractivity contribution in [3.05, 3.63) is 113 Å². The molecule has 0 atom stereocenters. The molecule has 0 unspecified atom stereocenters. The van der Waals surface area contributed by atoms with Gasteiger partial charge < -0.3 is 4.57 Å². The minimum Gasteiger partial charge on any atom is -0.327 e. The van der Waals surface area contributed by atoms with Gasteiger partial charge in [0.1, 0.15) is 11.6 Å². The number of hydrogen-bond acceptors (Lipinski definition) is 2. The van der Waals surface area contributed by atoms with Crippen LogP contribution in [0.3, 0.4) is 0 Å². The molecule has 4 heteroatoms. The van der Waals surface area contributed by atoms with E-state index in [4.69, 9.17) is 4.98 Å². The first-order valence-electron chi connectivity index (χ1n) is 11.8. The molecule has 0 saturated heterocycles. The van der Waals surface area contributed by atoms with Gasteiger partial charge in [-0.15, -0.1) is 0 Å². The summed E-state index contributed by atoms with van der Waals surface area (Å²) in [7, 11) is 0. The Bertz CT molecular complexity index is 1150. The maximum absolute atomic E-state index is 14.2. The highest BCUT2D eigenvalue weighted by Crippen LogP contribution is 2.23. The van der Waals surface area contributed by atoms with E-state index in [1.807, 2.05) is 31.3 Å². The summed E-state index contributed by atoms with van der Waals surface area (Å²) >= 11 is 0. The number of imidazole rings is 1. The van der Waals surface area contributed by atoms with Crippen molar-refractivity contribution in [2.75, 3.05) is 0 Å². The first kappa shape index (κ1) is 22.9. The second-order valence-electron chi connectivity index (χ2n) is 8.60. The van der Waals surface area contributed by atoms with E-state index < -0.39 is 0 Å². The maximum Gasteiger partial charge on any atom is 0.140 e. The smallest absolute Gasteiger partial charge is 0.140 e. The van der Waals surface area contributed by atoms with E-state index in [2.05, 4.69) is 64.9 Å². The SMILES string of the molecule is CCCCn1c(CN(Cc2ccccc2)Cc2cccc(F)c2C)cnc1-c1ccccc1. The molecule has 4 aromatic rings. The van der Waals surface area contributed by atoms with Gasteiger partial charge in [0.2, 0.25) is 0 Å². The summed E-state index contributed by atoms with van der Waals surface area (Å²) < 4.78 is 16.6. The van der Waals surface area contributed by atoms with Crippen LogP contribution >= 0.6 is 0 Å². The fourth-order valence-corrected chi connectivity index (χ4v) is 4.22. The van der Waals surface area contributed by atoms with E-state index in [1.165, 1.54) is 17.3 Å². The van der Waals surface area contributed by atoms with Crippen LogP contribution in [0, 0.1) is 12.7 Å². The summed E-state index contributed by atoms with van der Waals surface area (Å²) in [4.78, 5) is 7.19. The topological polar surface area (TPSA) is 21.1 Å². The van der Waals surface area contributed by atoms with E-state index in [0.29, 0.717) is 6.54 Å². The zero-order valence-electron chi connectivity index (χ0n) is 19.5. The monoisotopic (exact) mass is 441 g/mol. The molecular formula is C29H32FN3. The van der Waals surface area contributed by atoms with E-state index in [-0.39, 0.29) is 5.82 Å². The van der Waals surface area contributed by atoms with Crippen LogP contribution in [0.15, 0.2) is 85.1 Å². The van der Waals surface area contributed by atoms with E-state index in [1.54, 1.807) is 6.07 Å². The second-order valence-corrected chi connectivity index (χ2v) is 8.60.